The molecule has 0 saturated heterocycles. The van der Waals surface area contributed by atoms with Crippen molar-refractivity contribution in [2.75, 3.05) is 19.7 Å². The van der Waals surface area contributed by atoms with Gasteiger partial charge >= 0.3 is 11.9 Å². The number of aliphatic carboxylic acids is 2. The van der Waals surface area contributed by atoms with Crippen molar-refractivity contribution in [1.82, 2.24) is 4.90 Å². The average Bonchev–Trinajstić information content (AvgIpc) is 2.44. The van der Waals surface area contributed by atoms with Crippen LogP contribution in [0.2, 0.25) is 0 Å². The first kappa shape index (κ1) is 17.0. The van der Waals surface area contributed by atoms with Crippen molar-refractivity contribution in [2.24, 2.45) is 0 Å². The van der Waals surface area contributed by atoms with Crippen molar-refractivity contribution in [3.05, 3.63) is 29.8 Å². The highest BCUT2D eigenvalue weighted by Crippen LogP contribution is 2.23. The lowest BCUT2D eigenvalue weighted by molar-refractivity contribution is -0.145. The summed E-state index contributed by atoms with van der Waals surface area (Å²) in [4.78, 5) is 23.8. The van der Waals surface area contributed by atoms with Crippen LogP contribution in [0.3, 0.4) is 0 Å². The molecule has 0 heterocycles. The number of carboxylic acids is 2. The standard InChI is InChI=1S/C15H21NO5/c1-3-16(10-9-13(17)18)14(15(19)20)11-5-7-12(8-6-11)21-4-2/h5-8,14H,3-4,9-10H2,1-2H3,(H,17,18)(H,19,20). The number of hydrogen-bond donors (Lipinski definition) is 2. The van der Waals surface area contributed by atoms with Crippen molar-refractivity contribution >= 4 is 11.9 Å². The summed E-state index contributed by atoms with van der Waals surface area (Å²) < 4.78 is 5.33. The van der Waals surface area contributed by atoms with Gasteiger partial charge in [-0.2, -0.15) is 0 Å². The summed E-state index contributed by atoms with van der Waals surface area (Å²) in [5.41, 5.74) is 0.609. The van der Waals surface area contributed by atoms with Crippen LogP contribution in [0.15, 0.2) is 24.3 Å². The molecule has 21 heavy (non-hydrogen) atoms. The Hall–Kier alpha value is -2.08. The molecule has 0 saturated carbocycles. The third kappa shape index (κ3) is 5.07. The molecular weight excluding hydrogens is 274 g/mol. The van der Waals surface area contributed by atoms with Crippen LogP contribution in [-0.4, -0.2) is 46.7 Å². The second-order valence-corrected chi connectivity index (χ2v) is 4.52. The molecule has 0 aliphatic heterocycles. The van der Waals surface area contributed by atoms with E-state index in [1.165, 1.54) is 0 Å². The number of carboxylic acid groups (broad SMARTS) is 2. The van der Waals surface area contributed by atoms with E-state index in [0.29, 0.717) is 24.5 Å². The van der Waals surface area contributed by atoms with Gasteiger partial charge in [-0.15, -0.1) is 0 Å². The number of likely N-dealkylation sites (N-methyl/N-ethyl adjacent to an activating group) is 1. The van der Waals surface area contributed by atoms with Crippen molar-refractivity contribution < 1.29 is 24.5 Å². The van der Waals surface area contributed by atoms with Gasteiger partial charge in [0.1, 0.15) is 11.8 Å². The lowest BCUT2D eigenvalue weighted by Gasteiger charge is -2.27. The summed E-state index contributed by atoms with van der Waals surface area (Å²) in [5, 5.41) is 18.2. The molecule has 0 fully saturated rings. The molecule has 1 rings (SSSR count). The van der Waals surface area contributed by atoms with E-state index in [1.807, 2.05) is 13.8 Å². The summed E-state index contributed by atoms with van der Waals surface area (Å²) in [6.07, 6.45) is -0.0886. The second-order valence-electron chi connectivity index (χ2n) is 4.52. The Morgan fingerprint density at radius 1 is 1.19 bits per heavy atom. The molecule has 0 aliphatic carbocycles. The molecule has 0 spiro atoms. The van der Waals surface area contributed by atoms with E-state index in [0.717, 1.165) is 0 Å². The van der Waals surface area contributed by atoms with Crippen LogP contribution in [-0.2, 0) is 9.59 Å². The van der Waals surface area contributed by atoms with Crippen LogP contribution in [0.5, 0.6) is 5.75 Å². The van der Waals surface area contributed by atoms with Gasteiger partial charge < -0.3 is 14.9 Å². The smallest absolute Gasteiger partial charge is 0.325 e. The van der Waals surface area contributed by atoms with Crippen molar-refractivity contribution in [1.29, 1.82) is 0 Å². The van der Waals surface area contributed by atoms with Crippen molar-refractivity contribution in [3.8, 4) is 5.75 Å². The van der Waals surface area contributed by atoms with Crippen LogP contribution in [0.1, 0.15) is 31.9 Å². The molecular formula is C15H21NO5. The highest BCUT2D eigenvalue weighted by Gasteiger charge is 2.26. The van der Waals surface area contributed by atoms with Crippen LogP contribution >= 0.6 is 0 Å². The number of ether oxygens (including phenoxy) is 1. The Kier molecular flexibility index (Phi) is 6.68. The summed E-state index contributed by atoms with van der Waals surface area (Å²) in [7, 11) is 0. The second kappa shape index (κ2) is 8.26. The largest absolute Gasteiger partial charge is 0.494 e. The Labute approximate surface area is 124 Å². The van der Waals surface area contributed by atoms with Crippen LogP contribution in [0, 0.1) is 0 Å². The molecule has 0 aliphatic rings. The van der Waals surface area contributed by atoms with Gasteiger partial charge in [0.05, 0.1) is 13.0 Å². The highest BCUT2D eigenvalue weighted by atomic mass is 16.5. The van der Waals surface area contributed by atoms with Gasteiger partial charge in [0.25, 0.3) is 0 Å². The summed E-state index contributed by atoms with van der Waals surface area (Å²) >= 11 is 0. The van der Waals surface area contributed by atoms with Gasteiger partial charge in [-0.05, 0) is 31.2 Å². The fourth-order valence-electron chi connectivity index (χ4n) is 2.13. The topological polar surface area (TPSA) is 87.1 Å². The van der Waals surface area contributed by atoms with E-state index in [1.54, 1.807) is 29.2 Å². The van der Waals surface area contributed by atoms with Crippen LogP contribution in [0.4, 0.5) is 0 Å². The molecule has 1 unspecified atom stereocenters. The van der Waals surface area contributed by atoms with E-state index in [4.69, 9.17) is 9.84 Å². The minimum atomic E-state index is -0.994. The number of hydrogen-bond acceptors (Lipinski definition) is 4. The van der Waals surface area contributed by atoms with Gasteiger partial charge in [-0.3, -0.25) is 14.5 Å². The molecule has 0 radical (unpaired) electrons. The Bertz CT molecular complexity index is 471. The minimum Gasteiger partial charge on any atom is -0.494 e. The highest BCUT2D eigenvalue weighted by molar-refractivity contribution is 5.75. The molecule has 1 aromatic rings. The fraction of sp³-hybridized carbons (Fsp3) is 0.467. The SMILES string of the molecule is CCOc1ccc(C(C(=O)O)N(CC)CCC(=O)O)cc1. The lowest BCUT2D eigenvalue weighted by atomic mass is 10.0. The maximum absolute atomic E-state index is 11.5. The lowest BCUT2D eigenvalue weighted by Crippen LogP contribution is -2.35. The Morgan fingerprint density at radius 3 is 2.24 bits per heavy atom. The quantitative estimate of drug-likeness (QED) is 0.724. The molecule has 0 bridgehead atoms. The first-order valence-corrected chi connectivity index (χ1v) is 6.91. The first-order chi connectivity index (χ1) is 9.99. The summed E-state index contributed by atoms with van der Waals surface area (Å²) in [6, 6.07) is 5.99. The molecule has 6 nitrogen and oxygen atoms in total. The molecule has 2 N–H and O–H groups in total. The van der Waals surface area contributed by atoms with E-state index in [2.05, 4.69) is 0 Å². The number of nitrogens with zero attached hydrogens (tertiary/aromatic N) is 1. The molecule has 1 aromatic carbocycles. The zero-order valence-electron chi connectivity index (χ0n) is 12.3. The maximum Gasteiger partial charge on any atom is 0.325 e. The number of carbonyl (C=O) groups is 2. The normalized spacial score (nSPS) is 12.1. The number of rotatable bonds is 9. The first-order valence-electron chi connectivity index (χ1n) is 6.91. The number of benzene rings is 1. The van der Waals surface area contributed by atoms with Gasteiger partial charge in [-0.25, -0.2) is 0 Å². The minimum absolute atomic E-state index is 0.0886. The van der Waals surface area contributed by atoms with E-state index in [-0.39, 0.29) is 13.0 Å². The molecule has 116 valence electrons. The molecule has 1 atom stereocenters. The van der Waals surface area contributed by atoms with Crippen molar-refractivity contribution in [3.63, 3.8) is 0 Å². The van der Waals surface area contributed by atoms with Gasteiger partial charge in [0.15, 0.2) is 0 Å². The van der Waals surface area contributed by atoms with Gasteiger partial charge in [0.2, 0.25) is 0 Å². The molecule has 6 heteroatoms. The predicted octanol–water partition coefficient (Wildman–Crippen LogP) is 2.01. The predicted molar refractivity (Wildman–Crippen MR) is 77.5 cm³/mol. The Morgan fingerprint density at radius 2 is 1.81 bits per heavy atom. The Balaban J connectivity index is 2.93. The molecule has 0 aromatic heterocycles. The van der Waals surface area contributed by atoms with E-state index >= 15 is 0 Å². The molecule has 0 amide bonds. The fourth-order valence-corrected chi connectivity index (χ4v) is 2.13. The van der Waals surface area contributed by atoms with Crippen molar-refractivity contribution in [2.45, 2.75) is 26.3 Å². The summed E-state index contributed by atoms with van der Waals surface area (Å²) in [5.74, 6) is -1.25. The van der Waals surface area contributed by atoms with Gasteiger partial charge in [0, 0.05) is 6.54 Å². The summed E-state index contributed by atoms with van der Waals surface area (Å²) in [6.45, 7) is 4.87. The van der Waals surface area contributed by atoms with Crippen LogP contribution in [0.25, 0.3) is 0 Å². The zero-order chi connectivity index (χ0) is 15.8. The van der Waals surface area contributed by atoms with E-state index < -0.39 is 18.0 Å². The monoisotopic (exact) mass is 295 g/mol. The third-order valence-corrected chi connectivity index (χ3v) is 3.12. The third-order valence-electron chi connectivity index (χ3n) is 3.12. The average molecular weight is 295 g/mol. The van der Waals surface area contributed by atoms with E-state index in [9.17, 15) is 14.7 Å². The van der Waals surface area contributed by atoms with Gasteiger partial charge in [-0.1, -0.05) is 19.1 Å². The zero-order valence-corrected chi connectivity index (χ0v) is 12.3. The van der Waals surface area contributed by atoms with Crippen LogP contribution < -0.4 is 4.74 Å². The maximum atomic E-state index is 11.5.